The largest absolute Gasteiger partial charge is 0.463 e. The van der Waals surface area contributed by atoms with Crippen LogP contribution in [0.3, 0.4) is 0 Å². The van der Waals surface area contributed by atoms with Gasteiger partial charge in [0.2, 0.25) is 0 Å². The average molecular weight is 441 g/mol. The monoisotopic (exact) mass is 440 g/mol. The van der Waals surface area contributed by atoms with Crippen molar-refractivity contribution in [2.75, 3.05) is 0 Å². The second kappa shape index (κ2) is 8.95. The zero-order chi connectivity index (χ0) is 23.3. The zero-order valence-electron chi connectivity index (χ0n) is 21.9. The first-order chi connectivity index (χ1) is 15.1. The van der Waals surface area contributed by atoms with Crippen molar-refractivity contribution in [3.63, 3.8) is 0 Å². The lowest BCUT2D eigenvalue weighted by Gasteiger charge is -2.54. The fraction of sp³-hybridized carbons (Fsp3) is 0.833. The van der Waals surface area contributed by atoms with E-state index in [1.807, 2.05) is 0 Å². The van der Waals surface area contributed by atoms with Crippen molar-refractivity contribution in [2.45, 2.75) is 119 Å². The Morgan fingerprint density at radius 1 is 1.06 bits per heavy atom. The van der Waals surface area contributed by atoms with Gasteiger partial charge in [-0.25, -0.2) is 0 Å². The van der Waals surface area contributed by atoms with Crippen LogP contribution in [0.15, 0.2) is 22.8 Å². The van der Waals surface area contributed by atoms with Crippen LogP contribution in [-0.4, -0.2) is 12.1 Å². The molecule has 4 aliphatic rings. The lowest BCUT2D eigenvalue weighted by molar-refractivity contribution is -0.150. The molecule has 0 spiro atoms. The molecule has 7 atom stereocenters. The summed E-state index contributed by atoms with van der Waals surface area (Å²) in [5, 5.41) is 0. The molecule has 0 aromatic carbocycles. The summed E-state index contributed by atoms with van der Waals surface area (Å²) in [6.45, 7) is 16.4. The first-order valence-corrected chi connectivity index (χ1v) is 13.7. The number of hydrogen-bond donors (Lipinski definition) is 0. The molecule has 2 nitrogen and oxygen atoms in total. The van der Waals surface area contributed by atoms with E-state index in [0.29, 0.717) is 16.7 Å². The molecule has 0 saturated heterocycles. The van der Waals surface area contributed by atoms with Crippen molar-refractivity contribution in [3.05, 3.63) is 22.8 Å². The minimum Gasteiger partial charge on any atom is -0.463 e. The molecule has 0 heterocycles. The van der Waals surface area contributed by atoms with Crippen molar-refractivity contribution in [1.29, 1.82) is 0 Å². The minimum absolute atomic E-state index is 0.109. The maximum absolute atomic E-state index is 11.5. The zero-order valence-corrected chi connectivity index (χ0v) is 21.9. The molecule has 0 aliphatic heterocycles. The van der Waals surface area contributed by atoms with Crippen LogP contribution in [0, 0.1) is 40.4 Å². The quantitative estimate of drug-likeness (QED) is 0.388. The van der Waals surface area contributed by atoms with Gasteiger partial charge in [-0.15, -0.1) is 0 Å². The topological polar surface area (TPSA) is 26.3 Å². The SMILES string of the molecule is CC(=O)O[C@H]1CC[C@]2(C)C3=C(CC[C@H]2C1)C1=CC[C@H]([C@H](C)CC[C@@H](C)C(C)C)[C@@]1(C)CC3. The third-order valence-corrected chi connectivity index (χ3v) is 10.7. The van der Waals surface area contributed by atoms with Crippen LogP contribution in [-0.2, 0) is 9.53 Å². The van der Waals surface area contributed by atoms with Crippen LogP contribution >= 0.6 is 0 Å². The van der Waals surface area contributed by atoms with Crippen molar-refractivity contribution in [1.82, 2.24) is 0 Å². The Hall–Kier alpha value is -1.05. The van der Waals surface area contributed by atoms with Crippen molar-refractivity contribution >= 4 is 5.97 Å². The smallest absolute Gasteiger partial charge is 0.302 e. The standard InChI is InChI=1S/C30H48O2/c1-19(2)20(3)8-9-21(4)26-12-13-27-25-11-10-23-18-24(32-22(5)31)14-16-29(23,6)28(25)15-17-30(26,27)7/h13,19-21,23-24,26H,8-12,14-18H2,1-7H3/t20-,21-,23+,24+,26-,29+,30-/m1/s1. The van der Waals surface area contributed by atoms with E-state index < -0.39 is 0 Å². The van der Waals surface area contributed by atoms with Gasteiger partial charge in [0.15, 0.2) is 0 Å². The van der Waals surface area contributed by atoms with E-state index in [1.54, 1.807) is 23.6 Å². The summed E-state index contributed by atoms with van der Waals surface area (Å²) >= 11 is 0. The first kappa shape index (κ1) is 24.1. The summed E-state index contributed by atoms with van der Waals surface area (Å²) < 4.78 is 5.63. The van der Waals surface area contributed by atoms with Gasteiger partial charge in [0, 0.05) is 6.92 Å². The number of rotatable bonds is 6. The van der Waals surface area contributed by atoms with Gasteiger partial charge >= 0.3 is 5.97 Å². The molecule has 180 valence electrons. The van der Waals surface area contributed by atoms with E-state index in [4.69, 9.17) is 4.74 Å². The molecule has 2 heteroatoms. The molecule has 0 unspecified atom stereocenters. The van der Waals surface area contributed by atoms with Crippen LogP contribution in [0.25, 0.3) is 0 Å². The fourth-order valence-corrected chi connectivity index (χ4v) is 8.11. The van der Waals surface area contributed by atoms with Gasteiger partial charge in [-0.05, 0) is 103 Å². The molecule has 0 bridgehead atoms. The predicted molar refractivity (Wildman–Crippen MR) is 133 cm³/mol. The number of carbonyl (C=O) groups is 1. The Morgan fingerprint density at radius 3 is 2.50 bits per heavy atom. The Kier molecular flexibility index (Phi) is 6.74. The minimum atomic E-state index is -0.109. The van der Waals surface area contributed by atoms with Crippen LogP contribution in [0.4, 0.5) is 0 Å². The third kappa shape index (κ3) is 4.14. The van der Waals surface area contributed by atoms with Crippen molar-refractivity contribution < 1.29 is 9.53 Å². The molecule has 4 rings (SSSR count). The maximum atomic E-state index is 11.5. The highest BCUT2D eigenvalue weighted by molar-refractivity contribution is 5.66. The van der Waals surface area contributed by atoms with Crippen molar-refractivity contribution in [3.8, 4) is 0 Å². The summed E-state index contributed by atoms with van der Waals surface area (Å²) in [7, 11) is 0. The highest BCUT2D eigenvalue weighted by Gasteiger charge is 2.53. The molecule has 0 N–H and O–H groups in total. The summed E-state index contributed by atoms with van der Waals surface area (Å²) in [6.07, 6.45) is 15.3. The number of fused-ring (bicyclic) bond motifs is 4. The van der Waals surface area contributed by atoms with E-state index in [2.05, 4.69) is 47.6 Å². The average Bonchev–Trinajstić information content (AvgIpc) is 3.08. The van der Waals surface area contributed by atoms with Gasteiger partial charge in [0.05, 0.1) is 0 Å². The molecule has 0 aromatic rings. The lowest BCUT2D eigenvalue weighted by Crippen LogP contribution is -2.44. The van der Waals surface area contributed by atoms with Crippen LogP contribution < -0.4 is 0 Å². The molecule has 4 aliphatic carbocycles. The Bertz CT molecular complexity index is 789. The summed E-state index contributed by atoms with van der Waals surface area (Å²) in [5.74, 6) is 3.82. The molecule has 32 heavy (non-hydrogen) atoms. The van der Waals surface area contributed by atoms with E-state index >= 15 is 0 Å². The van der Waals surface area contributed by atoms with Gasteiger partial charge in [-0.3, -0.25) is 4.79 Å². The Balaban J connectivity index is 1.50. The van der Waals surface area contributed by atoms with Gasteiger partial charge in [-0.2, -0.15) is 0 Å². The second-order valence-corrected chi connectivity index (χ2v) is 12.8. The van der Waals surface area contributed by atoms with Gasteiger partial charge in [-0.1, -0.05) is 66.0 Å². The predicted octanol–water partition coefficient (Wildman–Crippen LogP) is 8.27. The molecular formula is C30H48O2. The Morgan fingerprint density at radius 2 is 1.81 bits per heavy atom. The molecule has 0 radical (unpaired) electrons. The summed E-state index contributed by atoms with van der Waals surface area (Å²) in [6, 6.07) is 0. The number of esters is 1. The van der Waals surface area contributed by atoms with Gasteiger partial charge in [0.25, 0.3) is 0 Å². The van der Waals surface area contributed by atoms with E-state index in [9.17, 15) is 4.79 Å². The molecule has 1 saturated carbocycles. The van der Waals surface area contributed by atoms with Gasteiger partial charge < -0.3 is 4.74 Å². The van der Waals surface area contributed by atoms with Crippen molar-refractivity contribution in [2.24, 2.45) is 40.4 Å². The van der Waals surface area contributed by atoms with Gasteiger partial charge in [0.1, 0.15) is 6.10 Å². The maximum Gasteiger partial charge on any atom is 0.302 e. The lowest BCUT2D eigenvalue weighted by atomic mass is 9.51. The van der Waals surface area contributed by atoms with Crippen LogP contribution in [0.5, 0.6) is 0 Å². The van der Waals surface area contributed by atoms with Crippen LogP contribution in [0.1, 0.15) is 113 Å². The normalized spacial score (nSPS) is 38.5. The Labute approximate surface area is 197 Å². The number of carbonyl (C=O) groups excluding carboxylic acids is 1. The van der Waals surface area contributed by atoms with E-state index in [-0.39, 0.29) is 12.1 Å². The number of hydrogen-bond acceptors (Lipinski definition) is 2. The third-order valence-electron chi connectivity index (χ3n) is 10.7. The van der Waals surface area contributed by atoms with E-state index in [0.717, 1.165) is 36.5 Å². The second-order valence-electron chi connectivity index (χ2n) is 12.8. The molecule has 0 amide bonds. The highest BCUT2D eigenvalue weighted by Crippen LogP contribution is 2.64. The van der Waals surface area contributed by atoms with Crippen LogP contribution in [0.2, 0.25) is 0 Å². The van der Waals surface area contributed by atoms with E-state index in [1.165, 1.54) is 51.4 Å². The molecular weight excluding hydrogens is 392 g/mol. The number of allylic oxidation sites excluding steroid dienone is 4. The highest BCUT2D eigenvalue weighted by atomic mass is 16.5. The molecule has 1 fully saturated rings. The fourth-order valence-electron chi connectivity index (χ4n) is 8.11. The first-order valence-electron chi connectivity index (χ1n) is 13.7. The summed E-state index contributed by atoms with van der Waals surface area (Å²) in [5.41, 5.74) is 6.00. The molecule has 0 aromatic heterocycles. The summed E-state index contributed by atoms with van der Waals surface area (Å²) in [4.78, 5) is 11.5. The number of ether oxygens (including phenoxy) is 1.